The monoisotopic (exact) mass is 372 g/mol. The lowest BCUT2D eigenvalue weighted by atomic mass is 10.0. The van der Waals surface area contributed by atoms with Gasteiger partial charge in [0.15, 0.2) is 0 Å². The van der Waals surface area contributed by atoms with Gasteiger partial charge in [-0.15, -0.1) is 0 Å². The fourth-order valence-corrected chi connectivity index (χ4v) is 4.11. The molecule has 8 nitrogen and oxygen atoms in total. The van der Waals surface area contributed by atoms with E-state index in [4.69, 9.17) is 10.5 Å². The lowest BCUT2D eigenvalue weighted by molar-refractivity contribution is -0.136. The van der Waals surface area contributed by atoms with Gasteiger partial charge in [-0.3, -0.25) is 24.6 Å². The second-order valence-electron chi connectivity index (χ2n) is 7.42. The van der Waals surface area contributed by atoms with Crippen molar-refractivity contribution in [1.29, 1.82) is 0 Å². The van der Waals surface area contributed by atoms with Crippen LogP contribution in [0.2, 0.25) is 0 Å². The van der Waals surface area contributed by atoms with Crippen molar-refractivity contribution in [2.24, 2.45) is 5.73 Å². The largest absolute Gasteiger partial charge is 0.378 e. The standard InChI is InChI=1S/C19H24N4O4/c20-14-10-22(6-7-27-11-14)8-12-2-1-3-13-9-23(19(26)17(12)13)15-4-5-16(24)21-18(15)25/h1-3,14-15H,4-11,20H2,(H,21,24,25). The zero-order valence-electron chi connectivity index (χ0n) is 15.1. The van der Waals surface area contributed by atoms with E-state index in [9.17, 15) is 14.4 Å². The summed E-state index contributed by atoms with van der Waals surface area (Å²) in [5.41, 5.74) is 8.61. The summed E-state index contributed by atoms with van der Waals surface area (Å²) in [4.78, 5) is 40.5. The zero-order valence-corrected chi connectivity index (χ0v) is 15.1. The number of fused-ring (bicyclic) bond motifs is 1. The van der Waals surface area contributed by atoms with Crippen molar-refractivity contribution in [3.8, 4) is 0 Å². The number of carbonyl (C=O) groups excluding carboxylic acids is 3. The number of imide groups is 1. The molecule has 3 N–H and O–H groups in total. The summed E-state index contributed by atoms with van der Waals surface area (Å²) in [5.74, 6) is -0.795. The van der Waals surface area contributed by atoms with Crippen molar-refractivity contribution in [1.82, 2.24) is 15.1 Å². The maximum atomic E-state index is 13.1. The van der Waals surface area contributed by atoms with E-state index in [0.29, 0.717) is 44.8 Å². The summed E-state index contributed by atoms with van der Waals surface area (Å²) in [6.07, 6.45) is 0.632. The molecule has 3 heterocycles. The molecule has 1 aromatic carbocycles. The highest BCUT2D eigenvalue weighted by Crippen LogP contribution is 2.30. The molecule has 2 saturated heterocycles. The predicted molar refractivity (Wildman–Crippen MR) is 96.6 cm³/mol. The zero-order chi connectivity index (χ0) is 19.0. The van der Waals surface area contributed by atoms with Gasteiger partial charge in [0.25, 0.3) is 5.91 Å². The highest BCUT2D eigenvalue weighted by atomic mass is 16.5. The molecule has 2 atom stereocenters. The number of nitrogens with one attached hydrogen (secondary N) is 1. The van der Waals surface area contributed by atoms with Gasteiger partial charge >= 0.3 is 0 Å². The van der Waals surface area contributed by atoms with Gasteiger partial charge in [0.2, 0.25) is 11.8 Å². The van der Waals surface area contributed by atoms with Crippen LogP contribution in [-0.2, 0) is 27.4 Å². The fourth-order valence-electron chi connectivity index (χ4n) is 4.11. The van der Waals surface area contributed by atoms with Gasteiger partial charge in [0.05, 0.1) is 13.2 Å². The molecule has 0 aliphatic carbocycles. The van der Waals surface area contributed by atoms with E-state index in [1.807, 2.05) is 18.2 Å². The number of hydrogen-bond acceptors (Lipinski definition) is 6. The summed E-state index contributed by atoms with van der Waals surface area (Å²) in [7, 11) is 0. The molecule has 3 aliphatic rings. The molecule has 4 rings (SSSR count). The topological polar surface area (TPSA) is 105 Å². The van der Waals surface area contributed by atoms with E-state index < -0.39 is 6.04 Å². The van der Waals surface area contributed by atoms with Crippen molar-refractivity contribution in [2.75, 3.05) is 26.3 Å². The minimum atomic E-state index is -0.588. The van der Waals surface area contributed by atoms with Crippen LogP contribution in [0, 0.1) is 0 Å². The maximum absolute atomic E-state index is 13.1. The molecular weight excluding hydrogens is 348 g/mol. The Labute approximate surface area is 157 Å². The van der Waals surface area contributed by atoms with E-state index in [0.717, 1.165) is 17.7 Å². The minimum absolute atomic E-state index is 0.0417. The Morgan fingerprint density at radius 1 is 1.26 bits per heavy atom. The van der Waals surface area contributed by atoms with Crippen molar-refractivity contribution in [2.45, 2.75) is 38.0 Å². The van der Waals surface area contributed by atoms with Crippen molar-refractivity contribution < 1.29 is 19.1 Å². The van der Waals surface area contributed by atoms with Gasteiger partial charge in [0.1, 0.15) is 6.04 Å². The molecule has 1 aromatic rings. The molecule has 0 spiro atoms. The molecular formula is C19H24N4O4. The lowest BCUT2D eigenvalue weighted by Crippen LogP contribution is -2.52. The molecule has 8 heteroatoms. The number of amides is 3. The normalized spacial score (nSPS) is 26.7. The first-order valence-electron chi connectivity index (χ1n) is 9.34. The number of benzene rings is 1. The number of hydrogen-bond donors (Lipinski definition) is 2. The quantitative estimate of drug-likeness (QED) is 0.700. The second kappa shape index (κ2) is 7.38. The van der Waals surface area contributed by atoms with Crippen LogP contribution in [-0.4, -0.2) is 65.9 Å². The number of piperidine rings is 1. The first-order valence-corrected chi connectivity index (χ1v) is 9.34. The number of nitrogens with zero attached hydrogens (tertiary/aromatic N) is 2. The number of ether oxygens (including phenoxy) is 1. The average molecular weight is 372 g/mol. The Hall–Kier alpha value is -2.29. The summed E-state index contributed by atoms with van der Waals surface area (Å²) < 4.78 is 5.49. The molecule has 144 valence electrons. The van der Waals surface area contributed by atoms with Gasteiger partial charge in [0, 0.05) is 44.2 Å². The van der Waals surface area contributed by atoms with Crippen molar-refractivity contribution in [3.63, 3.8) is 0 Å². The second-order valence-corrected chi connectivity index (χ2v) is 7.42. The molecule has 0 bridgehead atoms. The Kier molecular flexibility index (Phi) is 4.94. The van der Waals surface area contributed by atoms with E-state index in [2.05, 4.69) is 10.2 Å². The van der Waals surface area contributed by atoms with Crippen LogP contribution in [0.5, 0.6) is 0 Å². The third kappa shape index (κ3) is 3.60. The van der Waals surface area contributed by atoms with Gasteiger partial charge in [-0.05, 0) is 17.5 Å². The molecule has 0 saturated carbocycles. The van der Waals surface area contributed by atoms with Crippen LogP contribution in [0.1, 0.15) is 34.3 Å². The van der Waals surface area contributed by atoms with Crippen LogP contribution < -0.4 is 11.1 Å². The molecule has 2 unspecified atom stereocenters. The van der Waals surface area contributed by atoms with Crippen molar-refractivity contribution >= 4 is 17.7 Å². The predicted octanol–water partition coefficient (Wildman–Crippen LogP) is -0.393. The Morgan fingerprint density at radius 3 is 2.93 bits per heavy atom. The molecule has 0 radical (unpaired) electrons. The summed E-state index contributed by atoms with van der Waals surface area (Å²) in [6, 6.07) is 5.21. The van der Waals surface area contributed by atoms with Crippen LogP contribution in [0.3, 0.4) is 0 Å². The van der Waals surface area contributed by atoms with Crippen LogP contribution in [0.4, 0.5) is 0 Å². The lowest BCUT2D eigenvalue weighted by Gasteiger charge is -2.29. The number of nitrogens with two attached hydrogens (primary N) is 1. The van der Waals surface area contributed by atoms with Gasteiger partial charge in [-0.25, -0.2) is 0 Å². The highest BCUT2D eigenvalue weighted by molar-refractivity contribution is 6.05. The van der Waals surface area contributed by atoms with Crippen LogP contribution in [0.15, 0.2) is 18.2 Å². The molecule has 3 aliphatic heterocycles. The fraction of sp³-hybridized carbons (Fsp3) is 0.526. The third-order valence-electron chi connectivity index (χ3n) is 5.41. The number of carbonyl (C=O) groups is 3. The third-order valence-corrected chi connectivity index (χ3v) is 5.41. The van der Waals surface area contributed by atoms with E-state index in [1.165, 1.54) is 0 Å². The maximum Gasteiger partial charge on any atom is 0.255 e. The summed E-state index contributed by atoms with van der Waals surface area (Å²) in [5, 5.41) is 2.34. The summed E-state index contributed by atoms with van der Waals surface area (Å²) >= 11 is 0. The van der Waals surface area contributed by atoms with E-state index in [1.54, 1.807) is 4.90 Å². The van der Waals surface area contributed by atoms with Gasteiger partial charge in [-0.1, -0.05) is 18.2 Å². The Morgan fingerprint density at radius 2 is 2.11 bits per heavy atom. The summed E-state index contributed by atoms with van der Waals surface area (Å²) in [6.45, 7) is 3.67. The average Bonchev–Trinajstić information content (AvgIpc) is 2.82. The smallest absolute Gasteiger partial charge is 0.255 e. The van der Waals surface area contributed by atoms with E-state index >= 15 is 0 Å². The van der Waals surface area contributed by atoms with Crippen molar-refractivity contribution in [3.05, 3.63) is 34.9 Å². The minimum Gasteiger partial charge on any atom is -0.378 e. The van der Waals surface area contributed by atoms with E-state index in [-0.39, 0.29) is 30.2 Å². The van der Waals surface area contributed by atoms with Gasteiger partial charge in [-0.2, -0.15) is 0 Å². The molecule has 0 aromatic heterocycles. The van der Waals surface area contributed by atoms with Crippen LogP contribution in [0.25, 0.3) is 0 Å². The molecule has 3 amide bonds. The molecule has 2 fully saturated rings. The first kappa shape index (κ1) is 18.1. The SMILES string of the molecule is NC1COCCN(Cc2cccc3c2C(=O)N(C2CCC(=O)NC2=O)C3)C1. The Balaban J connectivity index is 1.54. The first-order chi connectivity index (χ1) is 13.0. The highest BCUT2D eigenvalue weighted by Gasteiger charge is 2.40. The molecule has 27 heavy (non-hydrogen) atoms. The van der Waals surface area contributed by atoms with Gasteiger partial charge < -0.3 is 15.4 Å². The van der Waals surface area contributed by atoms with Crippen LogP contribution >= 0.6 is 0 Å². The number of rotatable bonds is 3. The Bertz CT molecular complexity index is 781.